The molecule has 0 heterocycles. The molecule has 0 nitrogen and oxygen atoms in total. The Morgan fingerprint density at radius 3 is 2.20 bits per heavy atom. The minimum absolute atomic E-state index is 0.424. The molecule has 80 valence electrons. The van der Waals surface area contributed by atoms with Crippen molar-refractivity contribution in [3.8, 4) is 11.8 Å². The first-order valence-electron chi connectivity index (χ1n) is 4.26. The maximum Gasteiger partial charge on any atom is 0.416 e. The number of alkyl halides is 4. The summed E-state index contributed by atoms with van der Waals surface area (Å²) in [6.45, 7) is 0. The molecule has 0 radical (unpaired) electrons. The maximum absolute atomic E-state index is 12.2. The molecule has 0 fully saturated rings. The fraction of sp³-hybridized carbons (Fsp3) is 0.273. The maximum atomic E-state index is 12.2. The van der Waals surface area contributed by atoms with Crippen molar-refractivity contribution >= 4 is 11.6 Å². The van der Waals surface area contributed by atoms with Crippen molar-refractivity contribution in [1.29, 1.82) is 0 Å². The van der Waals surface area contributed by atoms with E-state index in [1.807, 2.05) is 0 Å². The van der Waals surface area contributed by atoms with Crippen molar-refractivity contribution in [3.63, 3.8) is 0 Å². The zero-order valence-corrected chi connectivity index (χ0v) is 8.49. The highest BCUT2D eigenvalue weighted by atomic mass is 35.5. The number of benzene rings is 1. The summed E-state index contributed by atoms with van der Waals surface area (Å²) >= 11 is 5.40. The zero-order valence-electron chi connectivity index (χ0n) is 7.74. The van der Waals surface area contributed by atoms with Crippen LogP contribution in [-0.2, 0) is 6.18 Å². The number of hydrogen-bond acceptors (Lipinski definition) is 0. The first-order chi connectivity index (χ1) is 7.04. The molecule has 0 amide bonds. The van der Waals surface area contributed by atoms with Gasteiger partial charge in [-0.15, -0.1) is 11.6 Å². The molecular weight excluding hydrogens is 225 g/mol. The van der Waals surface area contributed by atoms with Gasteiger partial charge in [0.15, 0.2) is 0 Å². The van der Waals surface area contributed by atoms with Gasteiger partial charge >= 0.3 is 6.18 Å². The van der Waals surface area contributed by atoms with Crippen LogP contribution in [0.3, 0.4) is 0 Å². The number of hydrogen-bond donors (Lipinski definition) is 0. The van der Waals surface area contributed by atoms with Crippen LogP contribution < -0.4 is 0 Å². The van der Waals surface area contributed by atoms with E-state index in [9.17, 15) is 13.2 Å². The van der Waals surface area contributed by atoms with Crippen LogP contribution in [0.25, 0.3) is 0 Å². The highest BCUT2D eigenvalue weighted by molar-refractivity contribution is 6.18. The van der Waals surface area contributed by atoms with Crippen molar-refractivity contribution in [1.82, 2.24) is 0 Å². The third kappa shape index (κ3) is 3.85. The van der Waals surface area contributed by atoms with Gasteiger partial charge in [-0.05, 0) is 24.3 Å². The average molecular weight is 233 g/mol. The van der Waals surface area contributed by atoms with E-state index in [1.165, 1.54) is 12.1 Å². The Morgan fingerprint density at radius 2 is 1.73 bits per heavy atom. The van der Waals surface area contributed by atoms with Crippen molar-refractivity contribution in [3.05, 3.63) is 35.4 Å². The average Bonchev–Trinajstić information content (AvgIpc) is 2.18. The first kappa shape index (κ1) is 11.9. The van der Waals surface area contributed by atoms with Crippen LogP contribution in [-0.4, -0.2) is 5.88 Å². The van der Waals surface area contributed by atoms with E-state index >= 15 is 0 Å². The van der Waals surface area contributed by atoms with Gasteiger partial charge in [-0.3, -0.25) is 0 Å². The Bertz CT molecular complexity index is 368. The van der Waals surface area contributed by atoms with Gasteiger partial charge < -0.3 is 0 Å². The van der Waals surface area contributed by atoms with E-state index in [0.717, 1.165) is 12.1 Å². The van der Waals surface area contributed by atoms with Crippen LogP contribution in [0.1, 0.15) is 17.5 Å². The van der Waals surface area contributed by atoms with Crippen LogP contribution in [0.2, 0.25) is 0 Å². The van der Waals surface area contributed by atoms with Gasteiger partial charge in [-0.2, -0.15) is 13.2 Å². The fourth-order valence-electron chi connectivity index (χ4n) is 0.954. The molecule has 15 heavy (non-hydrogen) atoms. The molecule has 0 saturated heterocycles. The third-order valence-corrected chi connectivity index (χ3v) is 1.85. The summed E-state index contributed by atoms with van der Waals surface area (Å²) in [5.41, 5.74) is -0.0986. The fourth-order valence-corrected chi connectivity index (χ4v) is 1.05. The minimum atomic E-state index is -4.29. The van der Waals surface area contributed by atoms with Crippen molar-refractivity contribution in [2.45, 2.75) is 12.6 Å². The van der Waals surface area contributed by atoms with Gasteiger partial charge in [0, 0.05) is 17.9 Å². The molecule has 0 spiro atoms. The van der Waals surface area contributed by atoms with E-state index in [0.29, 0.717) is 17.9 Å². The first-order valence-corrected chi connectivity index (χ1v) is 4.79. The van der Waals surface area contributed by atoms with Crippen LogP contribution >= 0.6 is 11.6 Å². The highest BCUT2D eigenvalue weighted by Crippen LogP contribution is 2.28. The second-order valence-corrected chi connectivity index (χ2v) is 3.19. The topological polar surface area (TPSA) is 0 Å². The molecule has 0 aliphatic heterocycles. The molecule has 0 aliphatic carbocycles. The monoisotopic (exact) mass is 232 g/mol. The van der Waals surface area contributed by atoms with Crippen LogP contribution in [0.15, 0.2) is 24.3 Å². The summed E-state index contributed by atoms with van der Waals surface area (Å²) in [5.74, 6) is 5.89. The zero-order chi connectivity index (χ0) is 11.3. The van der Waals surface area contributed by atoms with Crippen LogP contribution in [0.5, 0.6) is 0 Å². The molecule has 0 unspecified atom stereocenters. The molecule has 0 bridgehead atoms. The second kappa shape index (κ2) is 5.09. The van der Waals surface area contributed by atoms with Gasteiger partial charge in [-0.25, -0.2) is 0 Å². The lowest BCUT2D eigenvalue weighted by atomic mass is 10.1. The van der Waals surface area contributed by atoms with Gasteiger partial charge in [-0.1, -0.05) is 11.8 Å². The summed E-state index contributed by atoms with van der Waals surface area (Å²) < 4.78 is 36.5. The van der Waals surface area contributed by atoms with Crippen molar-refractivity contribution in [2.75, 3.05) is 5.88 Å². The lowest BCUT2D eigenvalue weighted by Gasteiger charge is -2.05. The predicted octanol–water partition coefficient (Wildman–Crippen LogP) is 3.69. The summed E-state index contributed by atoms with van der Waals surface area (Å²) in [7, 11) is 0. The molecular formula is C11H8ClF3. The molecule has 1 aromatic carbocycles. The summed E-state index contributed by atoms with van der Waals surface area (Å²) in [5, 5.41) is 0. The lowest BCUT2D eigenvalue weighted by Crippen LogP contribution is -2.04. The van der Waals surface area contributed by atoms with Gasteiger partial charge in [0.1, 0.15) is 0 Å². The Kier molecular flexibility index (Phi) is 4.05. The molecule has 1 rings (SSSR count). The number of rotatable bonds is 1. The Balaban J connectivity index is 2.79. The molecule has 0 atom stereocenters. The van der Waals surface area contributed by atoms with Gasteiger partial charge in [0.25, 0.3) is 0 Å². The third-order valence-electron chi connectivity index (χ3n) is 1.66. The molecule has 0 N–H and O–H groups in total. The normalized spacial score (nSPS) is 10.7. The summed E-state index contributed by atoms with van der Waals surface area (Å²) in [6.07, 6.45) is -3.76. The number of halogens is 4. The van der Waals surface area contributed by atoms with Crippen molar-refractivity contribution < 1.29 is 13.2 Å². The van der Waals surface area contributed by atoms with E-state index in [4.69, 9.17) is 11.6 Å². The van der Waals surface area contributed by atoms with E-state index in [1.54, 1.807) is 0 Å². The highest BCUT2D eigenvalue weighted by Gasteiger charge is 2.29. The molecule has 0 aliphatic rings. The van der Waals surface area contributed by atoms with E-state index < -0.39 is 11.7 Å². The minimum Gasteiger partial charge on any atom is -0.166 e. The molecule has 1 aromatic rings. The lowest BCUT2D eigenvalue weighted by molar-refractivity contribution is -0.137. The van der Waals surface area contributed by atoms with E-state index in [-0.39, 0.29) is 0 Å². The van der Waals surface area contributed by atoms with E-state index in [2.05, 4.69) is 11.8 Å². The molecule has 0 saturated carbocycles. The summed E-state index contributed by atoms with van der Waals surface area (Å²) in [4.78, 5) is 0. The SMILES string of the molecule is FC(F)(F)c1ccc(C#CCCCl)cc1. The van der Waals surface area contributed by atoms with Crippen LogP contribution in [0, 0.1) is 11.8 Å². The Hall–Kier alpha value is -1.14. The molecule has 0 aromatic heterocycles. The Morgan fingerprint density at radius 1 is 1.13 bits per heavy atom. The van der Waals surface area contributed by atoms with Gasteiger partial charge in [0.2, 0.25) is 0 Å². The molecule has 4 heteroatoms. The largest absolute Gasteiger partial charge is 0.416 e. The quantitative estimate of drug-likeness (QED) is 0.512. The van der Waals surface area contributed by atoms with Crippen molar-refractivity contribution in [2.24, 2.45) is 0 Å². The van der Waals surface area contributed by atoms with Crippen LogP contribution in [0.4, 0.5) is 13.2 Å². The van der Waals surface area contributed by atoms with Gasteiger partial charge in [0.05, 0.1) is 5.56 Å². The Labute approximate surface area is 91.1 Å². The standard InChI is InChI=1S/C11H8ClF3/c12-8-2-1-3-9-4-6-10(7-5-9)11(13,14)15/h4-7H,2,8H2. The second-order valence-electron chi connectivity index (χ2n) is 2.82. The summed E-state index contributed by atoms with van der Waals surface area (Å²) in [6, 6.07) is 4.74. The predicted molar refractivity (Wildman–Crippen MR) is 53.7 cm³/mol. The smallest absolute Gasteiger partial charge is 0.166 e.